The molecular weight excluding hydrogens is 422 g/mol. The van der Waals surface area contributed by atoms with E-state index in [9.17, 15) is 9.59 Å². The highest BCUT2D eigenvalue weighted by Crippen LogP contribution is 2.25. The number of fused-ring (bicyclic) bond motifs is 2. The summed E-state index contributed by atoms with van der Waals surface area (Å²) < 4.78 is 1.94. The van der Waals surface area contributed by atoms with Crippen molar-refractivity contribution >= 4 is 33.4 Å². The van der Waals surface area contributed by atoms with Crippen molar-refractivity contribution in [2.75, 3.05) is 12.4 Å². The normalized spacial score (nSPS) is 14.6. The van der Waals surface area contributed by atoms with Crippen LogP contribution in [-0.2, 0) is 17.9 Å². The first-order valence-electron chi connectivity index (χ1n) is 12.2. The van der Waals surface area contributed by atoms with E-state index in [0.29, 0.717) is 16.8 Å². The van der Waals surface area contributed by atoms with Crippen LogP contribution < -0.4 is 10.7 Å². The molecule has 5 heteroatoms. The summed E-state index contributed by atoms with van der Waals surface area (Å²) in [5.74, 6) is -0.105. The van der Waals surface area contributed by atoms with E-state index in [4.69, 9.17) is 0 Å². The number of nitrogens with zero attached hydrogens (tertiary/aromatic N) is 2. The summed E-state index contributed by atoms with van der Waals surface area (Å²) >= 11 is 0. The van der Waals surface area contributed by atoms with Crippen molar-refractivity contribution in [1.82, 2.24) is 9.47 Å². The number of carbonyl (C=O) groups excluding carboxylic acids is 1. The molecule has 0 atom stereocenters. The Morgan fingerprint density at radius 2 is 1.47 bits per heavy atom. The van der Waals surface area contributed by atoms with Gasteiger partial charge in [0, 0.05) is 29.0 Å². The first kappa shape index (κ1) is 22.4. The summed E-state index contributed by atoms with van der Waals surface area (Å²) in [5.41, 5.74) is 3.51. The van der Waals surface area contributed by atoms with E-state index >= 15 is 0 Å². The molecule has 174 valence electrons. The molecule has 1 saturated carbocycles. The van der Waals surface area contributed by atoms with Gasteiger partial charge < -0.3 is 9.88 Å². The Balaban J connectivity index is 1.41. The molecule has 0 aliphatic heterocycles. The third kappa shape index (κ3) is 4.48. The lowest BCUT2D eigenvalue weighted by atomic mass is 9.94. The summed E-state index contributed by atoms with van der Waals surface area (Å²) in [6.45, 7) is 0.944. The van der Waals surface area contributed by atoms with E-state index in [1.165, 1.54) is 32.1 Å². The van der Waals surface area contributed by atoms with Gasteiger partial charge in [0.25, 0.3) is 0 Å². The number of carbonyl (C=O) groups is 1. The monoisotopic (exact) mass is 453 g/mol. The topological polar surface area (TPSA) is 54.3 Å². The highest BCUT2D eigenvalue weighted by molar-refractivity contribution is 5.97. The minimum atomic E-state index is -0.105. The molecule has 3 aromatic carbocycles. The SMILES string of the molecule is CN(Cc1ccccc1NC(=O)Cn1c2ccccc2c(=O)c2ccccc21)C1CCCCC1. The molecule has 0 radical (unpaired) electrons. The zero-order valence-electron chi connectivity index (χ0n) is 19.7. The fourth-order valence-electron chi connectivity index (χ4n) is 5.28. The summed E-state index contributed by atoms with van der Waals surface area (Å²) in [6, 6.07) is 23.7. The second-order valence-corrected chi connectivity index (χ2v) is 9.36. The van der Waals surface area contributed by atoms with Gasteiger partial charge in [-0.15, -0.1) is 0 Å². The van der Waals surface area contributed by atoms with Gasteiger partial charge in [0.1, 0.15) is 6.54 Å². The van der Waals surface area contributed by atoms with Crippen LogP contribution in [0.1, 0.15) is 37.7 Å². The second-order valence-electron chi connectivity index (χ2n) is 9.36. The number of aromatic nitrogens is 1. The molecule has 5 nitrogen and oxygen atoms in total. The number of nitrogens with one attached hydrogen (secondary N) is 1. The number of anilines is 1. The predicted molar refractivity (Wildman–Crippen MR) is 139 cm³/mol. The quantitative estimate of drug-likeness (QED) is 0.389. The fraction of sp³-hybridized carbons (Fsp3) is 0.310. The number of hydrogen-bond acceptors (Lipinski definition) is 3. The molecule has 1 aliphatic rings. The van der Waals surface area contributed by atoms with Crippen molar-refractivity contribution in [2.24, 2.45) is 0 Å². The third-order valence-electron chi connectivity index (χ3n) is 7.09. The van der Waals surface area contributed by atoms with E-state index in [0.717, 1.165) is 28.8 Å². The van der Waals surface area contributed by atoms with Crippen LogP contribution in [0.25, 0.3) is 21.8 Å². The first-order chi connectivity index (χ1) is 16.6. The van der Waals surface area contributed by atoms with Crippen LogP contribution in [0.2, 0.25) is 0 Å². The second kappa shape index (κ2) is 9.82. The highest BCUT2D eigenvalue weighted by atomic mass is 16.2. The van der Waals surface area contributed by atoms with Gasteiger partial charge in [-0.2, -0.15) is 0 Å². The van der Waals surface area contributed by atoms with Gasteiger partial charge >= 0.3 is 0 Å². The Bertz CT molecular complexity index is 1330. The van der Waals surface area contributed by atoms with Gasteiger partial charge in [0.15, 0.2) is 5.43 Å². The number of rotatable bonds is 6. The molecule has 1 aliphatic carbocycles. The van der Waals surface area contributed by atoms with Gasteiger partial charge in [-0.25, -0.2) is 0 Å². The van der Waals surface area contributed by atoms with Crippen molar-refractivity contribution in [3.05, 3.63) is 88.6 Å². The van der Waals surface area contributed by atoms with Gasteiger partial charge in [0.05, 0.1) is 11.0 Å². The molecule has 0 saturated heterocycles. The average Bonchev–Trinajstić information content (AvgIpc) is 2.88. The van der Waals surface area contributed by atoms with Crippen LogP contribution in [0.3, 0.4) is 0 Å². The number of hydrogen-bond donors (Lipinski definition) is 1. The molecule has 5 rings (SSSR count). The molecule has 4 aromatic rings. The zero-order chi connectivity index (χ0) is 23.5. The number of amides is 1. The van der Waals surface area contributed by atoms with Gasteiger partial charge in [-0.3, -0.25) is 14.5 Å². The minimum Gasteiger partial charge on any atom is -0.331 e. The first-order valence-corrected chi connectivity index (χ1v) is 12.2. The molecule has 1 fully saturated rings. The van der Waals surface area contributed by atoms with Crippen LogP contribution in [0.5, 0.6) is 0 Å². The Morgan fingerprint density at radius 3 is 2.15 bits per heavy atom. The van der Waals surface area contributed by atoms with Crippen LogP contribution in [0.15, 0.2) is 77.6 Å². The molecule has 1 N–H and O–H groups in total. The number of benzene rings is 3. The molecule has 1 aromatic heterocycles. The Kier molecular flexibility index (Phi) is 6.45. The van der Waals surface area contributed by atoms with Crippen LogP contribution in [0, 0.1) is 0 Å². The summed E-state index contributed by atoms with van der Waals surface area (Å²) in [5, 5.41) is 4.40. The predicted octanol–water partition coefficient (Wildman–Crippen LogP) is 5.56. The summed E-state index contributed by atoms with van der Waals surface area (Å²) in [6.07, 6.45) is 6.43. The van der Waals surface area contributed by atoms with E-state index in [1.54, 1.807) is 0 Å². The maximum atomic E-state index is 13.3. The lowest BCUT2D eigenvalue weighted by Gasteiger charge is -2.31. The average molecular weight is 454 g/mol. The molecule has 1 heterocycles. The Morgan fingerprint density at radius 1 is 0.882 bits per heavy atom. The zero-order valence-corrected chi connectivity index (χ0v) is 19.7. The maximum Gasteiger partial charge on any atom is 0.244 e. The molecule has 0 spiro atoms. The standard InChI is InChI=1S/C29H31N3O2/c1-31(22-12-3-2-4-13-22)19-21-11-5-8-16-25(21)30-28(33)20-32-26-17-9-6-14-23(26)29(34)24-15-7-10-18-27(24)32/h5-11,14-18,22H,2-4,12-13,19-20H2,1H3,(H,30,33). The van der Waals surface area contributed by atoms with Gasteiger partial charge in [-0.1, -0.05) is 61.7 Å². The smallest absolute Gasteiger partial charge is 0.244 e. The van der Waals surface area contributed by atoms with Crippen molar-refractivity contribution in [3.8, 4) is 0 Å². The van der Waals surface area contributed by atoms with E-state index in [-0.39, 0.29) is 17.9 Å². The largest absolute Gasteiger partial charge is 0.331 e. The van der Waals surface area contributed by atoms with Crippen LogP contribution in [-0.4, -0.2) is 28.5 Å². The van der Waals surface area contributed by atoms with Crippen molar-refractivity contribution in [2.45, 2.75) is 51.2 Å². The lowest BCUT2D eigenvalue weighted by molar-refractivity contribution is -0.116. The Hall–Kier alpha value is -3.44. The molecule has 34 heavy (non-hydrogen) atoms. The van der Waals surface area contributed by atoms with E-state index in [1.807, 2.05) is 71.3 Å². The van der Waals surface area contributed by atoms with Gasteiger partial charge in [-0.05, 0) is 55.8 Å². The van der Waals surface area contributed by atoms with E-state index < -0.39 is 0 Å². The number of para-hydroxylation sites is 3. The third-order valence-corrected chi connectivity index (χ3v) is 7.09. The molecule has 1 amide bonds. The maximum absolute atomic E-state index is 13.3. The van der Waals surface area contributed by atoms with Crippen LogP contribution >= 0.6 is 0 Å². The molecule has 0 bridgehead atoms. The number of pyridine rings is 1. The Labute approximate surface area is 200 Å². The summed E-state index contributed by atoms with van der Waals surface area (Å²) in [7, 11) is 2.19. The lowest BCUT2D eigenvalue weighted by Crippen LogP contribution is -2.33. The fourth-order valence-corrected chi connectivity index (χ4v) is 5.28. The van der Waals surface area contributed by atoms with Crippen molar-refractivity contribution in [3.63, 3.8) is 0 Å². The molecular formula is C29H31N3O2. The van der Waals surface area contributed by atoms with Crippen LogP contribution in [0.4, 0.5) is 5.69 Å². The highest BCUT2D eigenvalue weighted by Gasteiger charge is 2.19. The molecule has 0 unspecified atom stereocenters. The van der Waals surface area contributed by atoms with Crippen molar-refractivity contribution in [1.29, 1.82) is 0 Å². The minimum absolute atomic E-state index is 0.000969. The van der Waals surface area contributed by atoms with Gasteiger partial charge in [0.2, 0.25) is 5.91 Å². The summed E-state index contributed by atoms with van der Waals surface area (Å²) in [4.78, 5) is 28.7. The van der Waals surface area contributed by atoms with Crippen molar-refractivity contribution < 1.29 is 4.79 Å². The van der Waals surface area contributed by atoms with E-state index in [2.05, 4.69) is 23.3 Å².